The van der Waals surface area contributed by atoms with Gasteiger partial charge in [-0.05, 0) is 91.3 Å². The van der Waals surface area contributed by atoms with Crippen LogP contribution in [-0.4, -0.2) is 119 Å². The molecule has 5 aromatic heterocycles. The van der Waals surface area contributed by atoms with E-state index in [-0.39, 0.29) is 68.7 Å². The van der Waals surface area contributed by atoms with Crippen molar-refractivity contribution in [1.82, 2.24) is 49.0 Å². The van der Waals surface area contributed by atoms with Gasteiger partial charge in [0.25, 0.3) is 5.91 Å². The van der Waals surface area contributed by atoms with Crippen LogP contribution in [0, 0.1) is 13.8 Å². The number of nitrogens with one attached hydrogen (secondary N) is 2. The summed E-state index contributed by atoms with van der Waals surface area (Å²) in [5.74, 6) is -1.07. The van der Waals surface area contributed by atoms with Crippen LogP contribution >= 0.6 is 0 Å². The second-order valence-corrected chi connectivity index (χ2v) is 18.2. The van der Waals surface area contributed by atoms with Crippen molar-refractivity contribution in [3.8, 4) is 23.0 Å². The molecule has 5 heterocycles. The predicted octanol–water partition coefficient (Wildman–Crippen LogP) is 6.00. The number of rotatable bonds is 24. The third kappa shape index (κ3) is 12.6. The van der Waals surface area contributed by atoms with Gasteiger partial charge >= 0.3 is 12.1 Å². The number of aryl methyl sites for hydroxylation is 4. The van der Waals surface area contributed by atoms with E-state index in [0.29, 0.717) is 88.5 Å². The molecule has 0 aliphatic rings. The molecule has 0 unspecified atom stereocenters. The number of imidazole rings is 1. The van der Waals surface area contributed by atoms with Gasteiger partial charge in [0, 0.05) is 81.0 Å². The summed E-state index contributed by atoms with van der Waals surface area (Å²) in [4.78, 5) is 78.4. The van der Waals surface area contributed by atoms with E-state index < -0.39 is 35.4 Å². The molecule has 7 rings (SSSR count). The summed E-state index contributed by atoms with van der Waals surface area (Å²) in [6, 6.07) is 9.96. The van der Waals surface area contributed by atoms with Crippen LogP contribution in [0.1, 0.15) is 96.5 Å². The predicted molar refractivity (Wildman–Crippen MR) is 275 cm³/mol. The van der Waals surface area contributed by atoms with Crippen molar-refractivity contribution < 1.29 is 47.7 Å². The Hall–Kier alpha value is -8.34. The zero-order valence-electron chi connectivity index (χ0n) is 42.9. The molecule has 0 aliphatic carbocycles. The number of esters is 1. The summed E-state index contributed by atoms with van der Waals surface area (Å²) < 4.78 is 35.4. The number of allylic oxidation sites excluding steroid dienone is 2. The van der Waals surface area contributed by atoms with Gasteiger partial charge in [0.2, 0.25) is 17.8 Å². The summed E-state index contributed by atoms with van der Waals surface area (Å²) in [6.07, 6.45) is 5.60. The van der Waals surface area contributed by atoms with Gasteiger partial charge in [0.1, 0.15) is 46.3 Å². The molecular formula is C51H63N13O10. The maximum absolute atomic E-state index is 14.0. The fourth-order valence-corrected chi connectivity index (χ4v) is 8.24. The average Bonchev–Trinajstić information content (AvgIpc) is 4.11. The minimum absolute atomic E-state index is 0.0662. The Morgan fingerprint density at radius 3 is 2.07 bits per heavy atom. The number of nitrogens with zero attached hydrogens (tertiary/aromatic N) is 9. The third-order valence-corrected chi connectivity index (χ3v) is 11.4. The van der Waals surface area contributed by atoms with Gasteiger partial charge in [-0.3, -0.25) is 33.9 Å². The van der Waals surface area contributed by atoms with Gasteiger partial charge in [-0.2, -0.15) is 10.2 Å². The molecule has 0 saturated carbocycles. The van der Waals surface area contributed by atoms with E-state index in [1.807, 2.05) is 48.2 Å². The molecule has 392 valence electrons. The lowest BCUT2D eigenvalue weighted by Crippen LogP contribution is -2.28. The van der Waals surface area contributed by atoms with Crippen molar-refractivity contribution >= 4 is 68.7 Å². The van der Waals surface area contributed by atoms with Crippen LogP contribution in [0.3, 0.4) is 0 Å². The minimum Gasteiger partial charge on any atom is -0.491 e. The number of carbonyl (C=O) groups is 5. The summed E-state index contributed by atoms with van der Waals surface area (Å²) >= 11 is 0. The quantitative estimate of drug-likeness (QED) is 0.0307. The highest BCUT2D eigenvalue weighted by molar-refractivity contribution is 6.12. The molecular weight excluding hydrogens is 955 g/mol. The maximum Gasteiger partial charge on any atom is 0.407 e. The fourth-order valence-electron chi connectivity index (χ4n) is 8.24. The number of nitrogens with two attached hydrogens (primary N) is 2. The van der Waals surface area contributed by atoms with Crippen LogP contribution in [0.5, 0.6) is 11.5 Å². The molecule has 0 aliphatic heterocycles. The minimum atomic E-state index is -0.729. The van der Waals surface area contributed by atoms with Crippen LogP contribution in [0.4, 0.5) is 10.7 Å². The Kier molecular flexibility index (Phi) is 17.0. The number of hydrogen-bond acceptors (Lipinski definition) is 15. The number of methoxy groups -OCH3 is 1. The standard InChI is InChI=1S/C51H63N13O10/c1-9-63-37(23-30(3)59-63)46-55-29-35-34-25-32(44(52)66)27-39(72-21-14-19-70-8)42(34)61(47(35)57-46)17-11-12-18-62-43-36(56-49(62)58-48(68)38-24-31(4)60-64(38)10-2)26-33(45(53)67)28-40(43)71-20-13-16-54-50(69)73-22-15-41(65)74-51(5,6)7/h11-12,23-29H,9-10,13-22H2,1-8H3,(H2,52,66)(H2,53,67)(H,54,69)(H,56,58,68)/b12-11+. The Morgan fingerprint density at radius 2 is 1.39 bits per heavy atom. The molecule has 4 amide bonds. The largest absolute Gasteiger partial charge is 0.491 e. The van der Waals surface area contributed by atoms with Crippen LogP contribution in [0.15, 0.2) is 54.7 Å². The number of anilines is 1. The van der Waals surface area contributed by atoms with E-state index >= 15 is 0 Å². The topological polar surface area (TPSA) is 292 Å². The van der Waals surface area contributed by atoms with Crippen molar-refractivity contribution in [2.24, 2.45) is 11.5 Å². The number of aromatic nitrogens is 9. The monoisotopic (exact) mass is 1020 g/mol. The zero-order valence-corrected chi connectivity index (χ0v) is 42.9. The lowest BCUT2D eigenvalue weighted by Gasteiger charge is -2.19. The number of fused-ring (bicyclic) bond motifs is 4. The SMILES string of the molecule is CCn1nc(C)cc1C(=O)Nc1nc2cc(C(N)=O)cc(OCCCNC(=O)OCCC(=O)OC(C)(C)C)c2n1C/C=C/Cn1c2nc(-c3cc(C)nn3CC)ncc2c2cc(C(N)=O)cc(OCCCOC)c21. The van der Waals surface area contributed by atoms with E-state index in [2.05, 4.69) is 20.8 Å². The highest BCUT2D eigenvalue weighted by Crippen LogP contribution is 2.37. The molecule has 23 heteroatoms. The zero-order chi connectivity index (χ0) is 53.3. The number of alkyl carbamates (subject to hydrolysis) is 1. The molecule has 0 saturated heterocycles. The van der Waals surface area contributed by atoms with Gasteiger partial charge in [-0.25, -0.2) is 19.7 Å². The molecule has 7 aromatic rings. The van der Waals surface area contributed by atoms with Crippen LogP contribution in [0.2, 0.25) is 0 Å². The van der Waals surface area contributed by atoms with Crippen molar-refractivity contribution in [3.05, 3.63) is 83.0 Å². The van der Waals surface area contributed by atoms with Gasteiger partial charge in [0.05, 0.1) is 42.1 Å². The Labute approximate surface area is 426 Å². The Bertz CT molecular complexity index is 3250. The van der Waals surface area contributed by atoms with Crippen LogP contribution < -0.4 is 31.6 Å². The third-order valence-electron chi connectivity index (χ3n) is 11.4. The first-order valence-electron chi connectivity index (χ1n) is 24.3. The molecule has 23 nitrogen and oxygen atoms in total. The van der Waals surface area contributed by atoms with Gasteiger partial charge in [-0.15, -0.1) is 0 Å². The van der Waals surface area contributed by atoms with Crippen molar-refractivity contribution in [2.45, 2.75) is 99.5 Å². The lowest BCUT2D eigenvalue weighted by molar-refractivity contribution is -0.155. The second kappa shape index (κ2) is 23.5. The molecule has 74 heavy (non-hydrogen) atoms. The van der Waals surface area contributed by atoms with E-state index in [1.54, 1.807) is 68.4 Å². The summed E-state index contributed by atoms with van der Waals surface area (Å²) in [5.41, 5.74) is 15.8. The normalized spacial score (nSPS) is 11.7. The van der Waals surface area contributed by atoms with E-state index in [1.165, 1.54) is 12.1 Å². The van der Waals surface area contributed by atoms with Crippen LogP contribution in [-0.2, 0) is 45.2 Å². The molecule has 0 bridgehead atoms. The number of hydrogen-bond donors (Lipinski definition) is 4. The summed E-state index contributed by atoms with van der Waals surface area (Å²) in [6.45, 7) is 15.0. The molecule has 0 spiro atoms. The van der Waals surface area contributed by atoms with Gasteiger partial charge < -0.3 is 49.6 Å². The van der Waals surface area contributed by atoms with E-state index in [9.17, 15) is 24.0 Å². The van der Waals surface area contributed by atoms with Crippen molar-refractivity contribution in [3.63, 3.8) is 0 Å². The molecule has 0 fully saturated rings. The number of amides is 4. The Balaban J connectivity index is 1.23. The first kappa shape index (κ1) is 53.5. The lowest BCUT2D eigenvalue weighted by atomic mass is 10.1. The highest BCUT2D eigenvalue weighted by atomic mass is 16.6. The first-order valence-corrected chi connectivity index (χ1v) is 24.3. The van der Waals surface area contributed by atoms with Gasteiger partial charge in [-0.1, -0.05) is 12.2 Å². The fraction of sp³-hybridized carbons (Fsp3) is 0.412. The highest BCUT2D eigenvalue weighted by Gasteiger charge is 2.24. The number of ether oxygens (including phenoxy) is 5. The van der Waals surface area contributed by atoms with Gasteiger partial charge in [0.15, 0.2) is 5.82 Å². The molecule has 0 atom stereocenters. The summed E-state index contributed by atoms with van der Waals surface area (Å²) in [7, 11) is 1.61. The molecule has 2 aromatic carbocycles. The maximum atomic E-state index is 14.0. The summed E-state index contributed by atoms with van der Waals surface area (Å²) in [5, 5.41) is 16.0. The first-order chi connectivity index (χ1) is 35.4. The van der Waals surface area contributed by atoms with Crippen molar-refractivity contribution in [1.29, 1.82) is 0 Å². The number of benzene rings is 2. The smallest absolute Gasteiger partial charge is 0.407 e. The van der Waals surface area contributed by atoms with Crippen molar-refractivity contribution in [2.75, 3.05) is 45.4 Å². The average molecular weight is 1020 g/mol. The molecule has 0 radical (unpaired) electrons. The number of primary amides is 2. The van der Waals surface area contributed by atoms with E-state index in [4.69, 9.17) is 50.1 Å². The van der Waals surface area contributed by atoms with Crippen LogP contribution in [0.25, 0.3) is 44.5 Å². The molecule has 6 N–H and O–H groups in total. The Morgan fingerprint density at radius 1 is 0.743 bits per heavy atom. The van der Waals surface area contributed by atoms with E-state index in [0.717, 1.165) is 11.4 Å². The second-order valence-electron chi connectivity index (χ2n) is 18.2. The number of carbonyl (C=O) groups excluding carboxylic acids is 5.